The fraction of sp³-hybridized carbons (Fsp3) is 0.346. The van der Waals surface area contributed by atoms with Crippen LogP contribution in [0.1, 0.15) is 47.3 Å². The third-order valence-corrected chi connectivity index (χ3v) is 5.92. The monoisotopic (exact) mass is 461 g/mol. The largest absolute Gasteiger partial charge is 0.481 e. The van der Waals surface area contributed by atoms with Crippen molar-refractivity contribution in [1.29, 1.82) is 0 Å². The van der Waals surface area contributed by atoms with Gasteiger partial charge in [0.2, 0.25) is 11.8 Å². The highest BCUT2D eigenvalue weighted by atomic mass is 16.5. The van der Waals surface area contributed by atoms with Gasteiger partial charge < -0.3 is 25.4 Å². The summed E-state index contributed by atoms with van der Waals surface area (Å²) < 4.78 is 11.5. The number of fused-ring (bicyclic) bond motifs is 1. The highest BCUT2D eigenvalue weighted by Gasteiger charge is 2.30. The Morgan fingerprint density at radius 3 is 2.71 bits per heavy atom. The van der Waals surface area contributed by atoms with Crippen molar-refractivity contribution in [1.82, 2.24) is 20.6 Å². The number of carbonyl (C=O) groups is 1. The predicted molar refractivity (Wildman–Crippen MR) is 132 cm³/mol. The molecule has 1 aromatic carbocycles. The molecule has 1 aliphatic rings. The molecule has 0 aliphatic carbocycles. The standard InChI is InChI=1S/C26H31N5O3/c1-4-27-25(32)20-12-21-26(31-15-20)34-22(16-28-21)24(18-8-6-5-7-9-18)30-13-17(2)19-10-11-23(33-3)29-14-19/h5-12,14-15,17,22,24,28,30H,4,13,16H2,1-3H3,(H,27,32)/t17-,22-,24+/m0/s1. The molecule has 1 aliphatic heterocycles. The van der Waals surface area contributed by atoms with Crippen molar-refractivity contribution in [3.8, 4) is 11.8 Å². The summed E-state index contributed by atoms with van der Waals surface area (Å²) >= 11 is 0. The molecule has 3 heterocycles. The molecule has 3 atom stereocenters. The average molecular weight is 462 g/mol. The summed E-state index contributed by atoms with van der Waals surface area (Å²) in [5, 5.41) is 9.89. The summed E-state index contributed by atoms with van der Waals surface area (Å²) in [6.45, 7) is 5.94. The number of aromatic nitrogens is 2. The molecular formula is C26H31N5O3. The number of benzene rings is 1. The van der Waals surface area contributed by atoms with E-state index in [1.54, 1.807) is 19.4 Å². The number of hydrogen-bond acceptors (Lipinski definition) is 7. The fourth-order valence-electron chi connectivity index (χ4n) is 3.99. The van der Waals surface area contributed by atoms with Gasteiger partial charge in [0.05, 0.1) is 30.9 Å². The molecule has 0 saturated heterocycles. The van der Waals surface area contributed by atoms with Gasteiger partial charge >= 0.3 is 0 Å². The van der Waals surface area contributed by atoms with E-state index in [1.807, 2.05) is 43.5 Å². The smallest absolute Gasteiger partial charge is 0.252 e. The Labute approximate surface area is 200 Å². The second-order valence-corrected chi connectivity index (χ2v) is 8.30. The van der Waals surface area contributed by atoms with Crippen molar-refractivity contribution in [2.24, 2.45) is 0 Å². The number of pyridine rings is 2. The summed E-state index contributed by atoms with van der Waals surface area (Å²) in [6.07, 6.45) is 3.23. The van der Waals surface area contributed by atoms with Crippen LogP contribution >= 0.6 is 0 Å². The van der Waals surface area contributed by atoms with Gasteiger partial charge in [0.15, 0.2) is 0 Å². The number of ether oxygens (including phenoxy) is 2. The van der Waals surface area contributed by atoms with Crippen LogP contribution in [0.3, 0.4) is 0 Å². The van der Waals surface area contributed by atoms with Crippen LogP contribution in [0.25, 0.3) is 0 Å². The van der Waals surface area contributed by atoms with Gasteiger partial charge in [-0.15, -0.1) is 0 Å². The number of methoxy groups -OCH3 is 1. The molecule has 0 spiro atoms. The molecule has 0 fully saturated rings. The number of hydrogen-bond donors (Lipinski definition) is 3. The Bertz CT molecular complexity index is 1090. The van der Waals surface area contributed by atoms with Crippen LogP contribution in [-0.2, 0) is 0 Å². The first-order valence-electron chi connectivity index (χ1n) is 11.6. The van der Waals surface area contributed by atoms with E-state index in [0.29, 0.717) is 30.4 Å². The van der Waals surface area contributed by atoms with E-state index < -0.39 is 0 Å². The lowest BCUT2D eigenvalue weighted by atomic mass is 9.97. The van der Waals surface area contributed by atoms with Crippen LogP contribution in [0.4, 0.5) is 5.69 Å². The molecule has 2 aromatic heterocycles. The Balaban J connectivity index is 1.49. The first-order valence-corrected chi connectivity index (χ1v) is 11.6. The van der Waals surface area contributed by atoms with Gasteiger partial charge in [-0.2, -0.15) is 0 Å². The van der Waals surface area contributed by atoms with Crippen LogP contribution in [-0.4, -0.2) is 48.7 Å². The Morgan fingerprint density at radius 2 is 2.00 bits per heavy atom. The molecule has 1 amide bonds. The first-order chi connectivity index (χ1) is 16.6. The number of rotatable bonds is 9. The number of nitrogens with one attached hydrogen (secondary N) is 3. The minimum absolute atomic E-state index is 0.0552. The van der Waals surface area contributed by atoms with Gasteiger partial charge in [-0.3, -0.25) is 4.79 Å². The number of nitrogens with zero attached hydrogens (tertiary/aromatic N) is 2. The molecule has 8 heteroatoms. The Hall–Kier alpha value is -3.65. The van der Waals surface area contributed by atoms with E-state index in [4.69, 9.17) is 9.47 Å². The fourth-order valence-corrected chi connectivity index (χ4v) is 3.99. The van der Waals surface area contributed by atoms with Crippen LogP contribution in [0.5, 0.6) is 11.8 Å². The van der Waals surface area contributed by atoms with E-state index in [9.17, 15) is 4.79 Å². The highest BCUT2D eigenvalue weighted by molar-refractivity contribution is 5.95. The zero-order chi connectivity index (χ0) is 23.9. The van der Waals surface area contributed by atoms with Crippen molar-refractivity contribution in [3.63, 3.8) is 0 Å². The molecule has 3 aromatic rings. The lowest BCUT2D eigenvalue weighted by molar-refractivity contribution is 0.0955. The quantitative estimate of drug-likeness (QED) is 0.448. The van der Waals surface area contributed by atoms with Crippen molar-refractivity contribution in [2.45, 2.75) is 31.9 Å². The van der Waals surface area contributed by atoms with Gasteiger partial charge in [-0.25, -0.2) is 9.97 Å². The summed E-state index contributed by atoms with van der Waals surface area (Å²) in [4.78, 5) is 20.9. The zero-order valence-corrected chi connectivity index (χ0v) is 19.7. The van der Waals surface area contributed by atoms with E-state index in [-0.39, 0.29) is 24.0 Å². The molecule has 0 saturated carbocycles. The van der Waals surface area contributed by atoms with Crippen LogP contribution in [0.2, 0.25) is 0 Å². The maximum Gasteiger partial charge on any atom is 0.252 e. The highest BCUT2D eigenvalue weighted by Crippen LogP contribution is 2.32. The summed E-state index contributed by atoms with van der Waals surface area (Å²) in [6, 6.07) is 15.9. The van der Waals surface area contributed by atoms with Crippen molar-refractivity contribution in [2.75, 3.05) is 32.1 Å². The normalized spacial score (nSPS) is 16.4. The number of anilines is 1. The zero-order valence-electron chi connectivity index (χ0n) is 19.7. The second-order valence-electron chi connectivity index (χ2n) is 8.30. The molecule has 178 valence electrons. The minimum Gasteiger partial charge on any atom is -0.481 e. The molecule has 3 N–H and O–H groups in total. The van der Waals surface area contributed by atoms with Crippen molar-refractivity contribution >= 4 is 11.6 Å². The molecule has 0 bridgehead atoms. The third-order valence-electron chi connectivity index (χ3n) is 5.92. The van der Waals surface area contributed by atoms with E-state index in [2.05, 4.69) is 45.0 Å². The first kappa shape index (κ1) is 23.5. The SMILES string of the molecule is CCNC(=O)c1cnc2c(c1)NC[C@@H]([C@H](NC[C@H](C)c1ccc(OC)nc1)c1ccccc1)O2. The van der Waals surface area contributed by atoms with Gasteiger partial charge in [0.1, 0.15) is 6.10 Å². The van der Waals surface area contributed by atoms with Crippen molar-refractivity contribution < 1.29 is 14.3 Å². The lowest BCUT2D eigenvalue weighted by Crippen LogP contribution is -2.43. The minimum atomic E-state index is -0.182. The van der Waals surface area contributed by atoms with Crippen LogP contribution < -0.4 is 25.4 Å². The van der Waals surface area contributed by atoms with E-state index in [0.717, 1.165) is 23.4 Å². The maximum atomic E-state index is 12.1. The molecule has 0 radical (unpaired) electrons. The van der Waals surface area contributed by atoms with E-state index in [1.165, 1.54) is 0 Å². The van der Waals surface area contributed by atoms with Gasteiger partial charge in [0, 0.05) is 31.5 Å². The third kappa shape index (κ3) is 5.46. The Morgan fingerprint density at radius 1 is 1.18 bits per heavy atom. The molecule has 4 rings (SSSR count). The van der Waals surface area contributed by atoms with Crippen LogP contribution in [0, 0.1) is 0 Å². The molecule has 34 heavy (non-hydrogen) atoms. The number of carbonyl (C=O) groups excluding carboxylic acids is 1. The van der Waals surface area contributed by atoms with Crippen molar-refractivity contribution in [3.05, 3.63) is 77.6 Å². The Kier molecular flexibility index (Phi) is 7.59. The van der Waals surface area contributed by atoms with Gasteiger partial charge in [-0.05, 0) is 30.0 Å². The van der Waals surface area contributed by atoms with Gasteiger partial charge in [-0.1, -0.05) is 43.3 Å². The van der Waals surface area contributed by atoms with Crippen LogP contribution in [0.15, 0.2) is 60.9 Å². The van der Waals surface area contributed by atoms with Gasteiger partial charge in [0.25, 0.3) is 5.91 Å². The lowest BCUT2D eigenvalue weighted by Gasteiger charge is -2.34. The maximum absolute atomic E-state index is 12.1. The van der Waals surface area contributed by atoms with E-state index >= 15 is 0 Å². The summed E-state index contributed by atoms with van der Waals surface area (Å²) in [5.74, 6) is 1.20. The molecule has 0 unspecified atom stereocenters. The predicted octanol–water partition coefficient (Wildman–Crippen LogP) is 3.54. The average Bonchev–Trinajstić information content (AvgIpc) is 2.89. The number of amides is 1. The topological polar surface area (TPSA) is 97.4 Å². The summed E-state index contributed by atoms with van der Waals surface area (Å²) in [5.41, 5.74) is 3.50. The summed E-state index contributed by atoms with van der Waals surface area (Å²) in [7, 11) is 1.61. The molecular weight excluding hydrogens is 430 g/mol. The molecule has 8 nitrogen and oxygen atoms in total. The second kappa shape index (κ2) is 11.0.